The van der Waals surface area contributed by atoms with Gasteiger partial charge in [-0.2, -0.15) is 13.2 Å². The Morgan fingerprint density at radius 2 is 1.90 bits per heavy atom. The summed E-state index contributed by atoms with van der Waals surface area (Å²) in [6.45, 7) is 5.13. The lowest BCUT2D eigenvalue weighted by Gasteiger charge is -2.20. The Morgan fingerprint density at radius 1 is 1.29 bits per heavy atom. The van der Waals surface area contributed by atoms with Gasteiger partial charge in [0.1, 0.15) is 11.4 Å². The number of anilines is 1. The van der Waals surface area contributed by atoms with Crippen LogP contribution in [-0.4, -0.2) is 22.9 Å². The fraction of sp³-hybridized carbons (Fsp3) is 0.571. The largest absolute Gasteiger partial charge is 0.444 e. The van der Waals surface area contributed by atoms with Crippen LogP contribution in [0.4, 0.5) is 23.8 Å². The highest BCUT2D eigenvalue weighted by atomic mass is 19.4. The van der Waals surface area contributed by atoms with Crippen LogP contribution in [0.15, 0.2) is 18.3 Å². The molecule has 21 heavy (non-hydrogen) atoms. The Bertz CT molecular complexity index is 529. The number of alkyl halides is 3. The van der Waals surface area contributed by atoms with Gasteiger partial charge in [0.05, 0.1) is 5.41 Å². The number of carbonyl (C=O) groups is 1. The number of halogens is 3. The standard InChI is InChI=1S/C14H17F3N2O2/c1-12(2,3)21-11(20)19-10-5-4-9(8-18-10)13(6-7-13)14(15,16)17/h4-5,8H,6-7H2,1-3H3,(H,18,19,20). The van der Waals surface area contributed by atoms with Crippen LogP contribution in [0.25, 0.3) is 0 Å². The molecule has 1 heterocycles. The van der Waals surface area contributed by atoms with Crippen LogP contribution >= 0.6 is 0 Å². The zero-order valence-corrected chi connectivity index (χ0v) is 12.0. The lowest BCUT2D eigenvalue weighted by atomic mass is 9.97. The number of hydrogen-bond acceptors (Lipinski definition) is 3. The van der Waals surface area contributed by atoms with Crippen molar-refractivity contribution in [2.45, 2.75) is 50.8 Å². The molecule has 0 atom stereocenters. The number of aromatic nitrogens is 1. The molecule has 0 spiro atoms. The van der Waals surface area contributed by atoms with E-state index in [9.17, 15) is 18.0 Å². The molecule has 1 aliphatic rings. The second-order valence-corrected chi connectivity index (χ2v) is 6.14. The lowest BCUT2D eigenvalue weighted by molar-refractivity contribution is -0.160. The van der Waals surface area contributed by atoms with E-state index in [1.807, 2.05) is 0 Å². The van der Waals surface area contributed by atoms with Crippen molar-refractivity contribution in [2.24, 2.45) is 0 Å². The molecule has 1 saturated carbocycles. The number of rotatable bonds is 2. The molecule has 0 aromatic carbocycles. The zero-order chi connectivity index (χ0) is 15.9. The summed E-state index contributed by atoms with van der Waals surface area (Å²) in [5.74, 6) is 0.158. The highest BCUT2D eigenvalue weighted by Gasteiger charge is 2.64. The van der Waals surface area contributed by atoms with Crippen molar-refractivity contribution in [3.63, 3.8) is 0 Å². The Balaban J connectivity index is 2.05. The molecule has 0 radical (unpaired) electrons. The summed E-state index contributed by atoms with van der Waals surface area (Å²) in [7, 11) is 0. The van der Waals surface area contributed by atoms with Crippen LogP contribution in [-0.2, 0) is 10.2 Å². The van der Waals surface area contributed by atoms with Gasteiger partial charge in [-0.15, -0.1) is 0 Å². The maximum atomic E-state index is 13.0. The number of carbonyl (C=O) groups excluding carboxylic acids is 1. The smallest absolute Gasteiger partial charge is 0.413 e. The van der Waals surface area contributed by atoms with Gasteiger partial charge < -0.3 is 4.74 Å². The van der Waals surface area contributed by atoms with Crippen molar-refractivity contribution in [2.75, 3.05) is 5.32 Å². The van der Waals surface area contributed by atoms with Gasteiger partial charge in [-0.05, 0) is 45.2 Å². The Labute approximate surface area is 120 Å². The summed E-state index contributed by atoms with van der Waals surface area (Å²) in [4.78, 5) is 15.4. The van der Waals surface area contributed by atoms with E-state index in [4.69, 9.17) is 4.74 Å². The third-order valence-corrected chi connectivity index (χ3v) is 3.24. The highest BCUT2D eigenvalue weighted by Crippen LogP contribution is 2.58. The Morgan fingerprint density at radius 3 is 2.29 bits per heavy atom. The predicted octanol–water partition coefficient (Wildman–Crippen LogP) is 4.02. The first-order chi connectivity index (χ1) is 9.53. The quantitative estimate of drug-likeness (QED) is 0.897. The molecule has 1 fully saturated rings. The summed E-state index contributed by atoms with van der Waals surface area (Å²) in [6, 6.07) is 2.70. The normalized spacial score (nSPS) is 17.2. The van der Waals surface area contributed by atoms with Crippen LogP contribution < -0.4 is 5.32 Å². The minimum absolute atomic E-state index is 0.0804. The van der Waals surface area contributed by atoms with E-state index in [0.29, 0.717) is 0 Å². The van der Waals surface area contributed by atoms with E-state index >= 15 is 0 Å². The van der Waals surface area contributed by atoms with Gasteiger partial charge in [0.25, 0.3) is 0 Å². The van der Waals surface area contributed by atoms with Gasteiger partial charge in [0, 0.05) is 6.20 Å². The number of amides is 1. The second-order valence-electron chi connectivity index (χ2n) is 6.14. The lowest BCUT2D eigenvalue weighted by Crippen LogP contribution is -2.29. The number of hydrogen-bond donors (Lipinski definition) is 1. The third kappa shape index (κ3) is 3.46. The topological polar surface area (TPSA) is 51.2 Å². The summed E-state index contributed by atoms with van der Waals surface area (Å²) in [5.41, 5.74) is -2.28. The molecule has 116 valence electrons. The Hall–Kier alpha value is -1.79. The van der Waals surface area contributed by atoms with E-state index in [-0.39, 0.29) is 24.2 Å². The SMILES string of the molecule is CC(C)(C)OC(=O)Nc1ccc(C2(C(F)(F)F)CC2)cn1. The van der Waals surface area contributed by atoms with E-state index in [1.54, 1.807) is 20.8 Å². The Kier molecular flexibility index (Phi) is 3.63. The first kappa shape index (κ1) is 15.6. The minimum Gasteiger partial charge on any atom is -0.444 e. The van der Waals surface area contributed by atoms with Gasteiger partial charge in [-0.1, -0.05) is 6.07 Å². The summed E-state index contributed by atoms with van der Waals surface area (Å²) < 4.78 is 43.9. The van der Waals surface area contributed by atoms with E-state index in [1.165, 1.54) is 12.1 Å². The van der Waals surface area contributed by atoms with E-state index < -0.39 is 23.3 Å². The van der Waals surface area contributed by atoms with Crippen molar-refractivity contribution in [3.05, 3.63) is 23.9 Å². The van der Waals surface area contributed by atoms with Gasteiger partial charge in [-0.3, -0.25) is 5.32 Å². The van der Waals surface area contributed by atoms with Crippen LogP contribution in [0.3, 0.4) is 0 Å². The molecule has 1 amide bonds. The van der Waals surface area contributed by atoms with Crippen LogP contribution in [0.1, 0.15) is 39.2 Å². The van der Waals surface area contributed by atoms with Crippen molar-refractivity contribution >= 4 is 11.9 Å². The van der Waals surface area contributed by atoms with Crippen LogP contribution in [0.2, 0.25) is 0 Å². The van der Waals surface area contributed by atoms with Crippen LogP contribution in [0, 0.1) is 0 Å². The fourth-order valence-electron chi connectivity index (χ4n) is 2.02. The number of nitrogens with one attached hydrogen (secondary N) is 1. The predicted molar refractivity (Wildman–Crippen MR) is 71.1 cm³/mol. The summed E-state index contributed by atoms with van der Waals surface area (Å²) >= 11 is 0. The molecule has 0 aliphatic heterocycles. The first-order valence-electron chi connectivity index (χ1n) is 6.57. The van der Waals surface area contributed by atoms with Gasteiger partial charge in [-0.25, -0.2) is 9.78 Å². The zero-order valence-electron chi connectivity index (χ0n) is 12.0. The molecule has 7 heteroatoms. The van der Waals surface area contributed by atoms with E-state index in [0.717, 1.165) is 6.20 Å². The van der Waals surface area contributed by atoms with Crippen molar-refractivity contribution in [3.8, 4) is 0 Å². The van der Waals surface area contributed by atoms with Crippen molar-refractivity contribution < 1.29 is 22.7 Å². The van der Waals surface area contributed by atoms with Crippen molar-refractivity contribution in [1.29, 1.82) is 0 Å². The average molecular weight is 302 g/mol. The summed E-state index contributed by atoms with van der Waals surface area (Å²) in [5, 5.41) is 2.38. The molecule has 1 aliphatic carbocycles. The number of nitrogens with zero attached hydrogens (tertiary/aromatic N) is 1. The molecule has 0 saturated heterocycles. The highest BCUT2D eigenvalue weighted by molar-refractivity contribution is 5.83. The molecule has 1 N–H and O–H groups in total. The molecule has 1 aromatic rings. The minimum atomic E-state index is -4.27. The monoisotopic (exact) mass is 302 g/mol. The van der Waals surface area contributed by atoms with Gasteiger partial charge in [0.2, 0.25) is 0 Å². The van der Waals surface area contributed by atoms with Crippen LogP contribution in [0.5, 0.6) is 0 Å². The van der Waals surface area contributed by atoms with Gasteiger partial charge in [0.15, 0.2) is 0 Å². The number of ether oxygens (including phenoxy) is 1. The van der Waals surface area contributed by atoms with Crippen molar-refractivity contribution in [1.82, 2.24) is 4.98 Å². The molecule has 0 bridgehead atoms. The molecule has 2 rings (SSSR count). The van der Waals surface area contributed by atoms with E-state index in [2.05, 4.69) is 10.3 Å². The summed E-state index contributed by atoms with van der Waals surface area (Å²) in [6.07, 6.45) is -3.64. The first-order valence-corrected chi connectivity index (χ1v) is 6.57. The molecule has 1 aromatic heterocycles. The second kappa shape index (κ2) is 4.89. The fourth-order valence-corrected chi connectivity index (χ4v) is 2.02. The molecule has 0 unspecified atom stereocenters. The maximum absolute atomic E-state index is 13.0. The number of pyridine rings is 1. The molecular formula is C14H17F3N2O2. The maximum Gasteiger partial charge on any atom is 0.413 e. The molecule has 4 nitrogen and oxygen atoms in total. The third-order valence-electron chi connectivity index (χ3n) is 3.24. The van der Waals surface area contributed by atoms with Gasteiger partial charge >= 0.3 is 12.3 Å². The average Bonchev–Trinajstić information content (AvgIpc) is 3.07. The molecular weight excluding hydrogens is 285 g/mol.